The van der Waals surface area contributed by atoms with Crippen LogP contribution in [0.5, 0.6) is 0 Å². The van der Waals surface area contributed by atoms with E-state index < -0.39 is 15.9 Å². The maximum absolute atomic E-state index is 13.2. The predicted octanol–water partition coefficient (Wildman–Crippen LogP) is 3.71. The fourth-order valence-electron chi connectivity index (χ4n) is 2.71. The van der Waals surface area contributed by atoms with E-state index in [2.05, 4.69) is 10.5 Å². The summed E-state index contributed by atoms with van der Waals surface area (Å²) in [6.45, 7) is 3.37. The van der Waals surface area contributed by atoms with Crippen molar-refractivity contribution < 1.29 is 13.2 Å². The molecule has 150 valence electrons. The molecule has 2 aromatic carbocycles. The lowest BCUT2D eigenvalue weighted by Gasteiger charge is -2.25. The molecule has 0 unspecified atom stereocenters. The molecule has 1 aromatic heterocycles. The lowest BCUT2D eigenvalue weighted by atomic mass is 10.2. The summed E-state index contributed by atoms with van der Waals surface area (Å²) < 4.78 is 27.6. The zero-order valence-electron chi connectivity index (χ0n) is 16.1. The molecule has 1 amide bonds. The third-order valence-electron chi connectivity index (χ3n) is 4.28. The first-order chi connectivity index (χ1) is 13.9. The summed E-state index contributed by atoms with van der Waals surface area (Å²) in [7, 11) is -3.92. The van der Waals surface area contributed by atoms with Crippen molar-refractivity contribution in [1.29, 1.82) is 0 Å². The Balaban J connectivity index is 1.86. The first-order valence-corrected chi connectivity index (χ1v) is 11.2. The lowest BCUT2D eigenvalue weighted by molar-refractivity contribution is -0.119. The second-order valence-electron chi connectivity index (χ2n) is 6.37. The molecule has 0 aliphatic heterocycles. The largest absolute Gasteiger partial charge is 0.271 e. The van der Waals surface area contributed by atoms with E-state index in [-0.39, 0.29) is 11.4 Å². The summed E-state index contributed by atoms with van der Waals surface area (Å²) in [5, 5.41) is 5.90. The average molecular weight is 428 g/mol. The number of amides is 1. The van der Waals surface area contributed by atoms with Gasteiger partial charge in [-0.15, -0.1) is 11.3 Å². The van der Waals surface area contributed by atoms with Crippen LogP contribution in [0.15, 0.2) is 76.0 Å². The molecule has 6 nitrogen and oxygen atoms in total. The Kier molecular flexibility index (Phi) is 6.46. The van der Waals surface area contributed by atoms with E-state index >= 15 is 0 Å². The van der Waals surface area contributed by atoms with Gasteiger partial charge in [-0.1, -0.05) is 36.4 Å². The second-order valence-corrected chi connectivity index (χ2v) is 9.18. The molecule has 0 spiro atoms. The molecule has 0 fully saturated rings. The Labute approximate surface area is 174 Å². The van der Waals surface area contributed by atoms with E-state index in [4.69, 9.17) is 0 Å². The van der Waals surface area contributed by atoms with E-state index in [1.807, 2.05) is 24.4 Å². The molecule has 3 rings (SSSR count). The maximum atomic E-state index is 13.2. The van der Waals surface area contributed by atoms with Gasteiger partial charge in [0.15, 0.2) is 0 Å². The minimum atomic E-state index is -3.92. The second kappa shape index (κ2) is 9.02. The smallest absolute Gasteiger partial charge is 0.264 e. The van der Waals surface area contributed by atoms with Crippen LogP contribution in [0.3, 0.4) is 0 Å². The average Bonchev–Trinajstić information content (AvgIpc) is 3.12. The highest BCUT2D eigenvalue weighted by Crippen LogP contribution is 2.26. The van der Waals surface area contributed by atoms with E-state index in [1.165, 1.54) is 23.5 Å². The molecule has 0 saturated carbocycles. The van der Waals surface area contributed by atoms with Gasteiger partial charge in [0.25, 0.3) is 15.9 Å². The number of nitrogens with one attached hydrogen (secondary N) is 1. The van der Waals surface area contributed by atoms with E-state index in [0.29, 0.717) is 5.69 Å². The number of hydrogen-bond acceptors (Lipinski definition) is 5. The van der Waals surface area contributed by atoms with Crippen LogP contribution in [0.25, 0.3) is 0 Å². The van der Waals surface area contributed by atoms with Crippen LogP contribution in [0.1, 0.15) is 16.0 Å². The molecule has 0 saturated heterocycles. The van der Waals surface area contributed by atoms with Gasteiger partial charge in [-0.25, -0.2) is 13.8 Å². The Morgan fingerprint density at radius 1 is 1.03 bits per heavy atom. The highest BCUT2D eigenvalue weighted by Gasteiger charge is 2.27. The van der Waals surface area contributed by atoms with Gasteiger partial charge >= 0.3 is 0 Å². The quantitative estimate of drug-likeness (QED) is 0.461. The number of sulfonamides is 1. The Morgan fingerprint density at radius 3 is 2.38 bits per heavy atom. The summed E-state index contributed by atoms with van der Waals surface area (Å²) in [5.41, 5.74) is 4.68. The number of benzene rings is 2. The number of hydrogen-bond donors (Lipinski definition) is 1. The van der Waals surface area contributed by atoms with Gasteiger partial charge in [0.1, 0.15) is 6.54 Å². The molecule has 0 radical (unpaired) electrons. The molecule has 1 heterocycles. The van der Waals surface area contributed by atoms with E-state index in [1.54, 1.807) is 49.5 Å². The van der Waals surface area contributed by atoms with Crippen molar-refractivity contribution in [2.45, 2.75) is 18.7 Å². The topological polar surface area (TPSA) is 78.8 Å². The molecular weight excluding hydrogens is 406 g/mol. The molecule has 0 bridgehead atoms. The van der Waals surface area contributed by atoms with Gasteiger partial charge in [-0.2, -0.15) is 5.10 Å². The normalized spacial score (nSPS) is 11.5. The summed E-state index contributed by atoms with van der Waals surface area (Å²) in [6, 6.07) is 17.1. The van der Waals surface area contributed by atoms with Crippen molar-refractivity contribution in [2.24, 2.45) is 5.10 Å². The van der Waals surface area contributed by atoms with Crippen molar-refractivity contribution in [2.75, 3.05) is 10.8 Å². The Morgan fingerprint density at radius 2 is 1.72 bits per heavy atom. The van der Waals surface area contributed by atoms with E-state index in [9.17, 15) is 13.2 Å². The monoisotopic (exact) mass is 427 g/mol. The lowest BCUT2D eigenvalue weighted by Crippen LogP contribution is -2.40. The Bertz CT molecular complexity index is 1120. The molecule has 29 heavy (non-hydrogen) atoms. The first-order valence-electron chi connectivity index (χ1n) is 8.89. The number of carbonyl (C=O) groups is 1. The number of anilines is 1. The number of aryl methyl sites for hydroxylation is 2. The molecule has 1 N–H and O–H groups in total. The van der Waals surface area contributed by atoms with Gasteiger partial charge in [0.2, 0.25) is 0 Å². The molecular formula is C21H21N3O3S2. The van der Waals surface area contributed by atoms with Crippen molar-refractivity contribution in [3.63, 3.8) is 0 Å². The number of para-hydroxylation sites is 1. The third kappa shape index (κ3) is 4.90. The van der Waals surface area contributed by atoms with Crippen LogP contribution in [-0.2, 0) is 14.8 Å². The minimum Gasteiger partial charge on any atom is -0.271 e. The SMILES string of the molecule is Cc1ccccc1N(CC(=O)NN=Cc1sccc1C)S(=O)(=O)c1ccccc1. The zero-order valence-corrected chi connectivity index (χ0v) is 17.7. The maximum Gasteiger partial charge on any atom is 0.264 e. The van der Waals surface area contributed by atoms with Gasteiger partial charge in [0, 0.05) is 4.88 Å². The van der Waals surface area contributed by atoms with Crippen LogP contribution in [0.4, 0.5) is 5.69 Å². The summed E-state index contributed by atoms with van der Waals surface area (Å²) in [5.74, 6) is -0.529. The summed E-state index contributed by atoms with van der Waals surface area (Å²) >= 11 is 1.51. The summed E-state index contributed by atoms with van der Waals surface area (Å²) in [4.78, 5) is 13.5. The van der Waals surface area contributed by atoms with Crippen molar-refractivity contribution in [3.05, 3.63) is 82.0 Å². The standard InChI is InChI=1S/C21H21N3O3S2/c1-16-8-6-7-11-19(16)24(29(26,27)18-9-4-3-5-10-18)15-21(25)23-22-14-20-17(2)12-13-28-20/h3-14H,15H2,1-2H3,(H,23,25). The third-order valence-corrected chi connectivity index (χ3v) is 7.00. The van der Waals surface area contributed by atoms with Crippen LogP contribution in [0, 0.1) is 13.8 Å². The van der Waals surface area contributed by atoms with Crippen molar-refractivity contribution in [3.8, 4) is 0 Å². The molecule has 8 heteroatoms. The number of rotatable bonds is 7. The van der Waals surface area contributed by atoms with Gasteiger partial charge in [0.05, 0.1) is 16.8 Å². The van der Waals surface area contributed by atoms with Crippen LogP contribution in [-0.4, -0.2) is 27.1 Å². The summed E-state index contributed by atoms with van der Waals surface area (Å²) in [6.07, 6.45) is 1.56. The van der Waals surface area contributed by atoms with Gasteiger partial charge in [-0.05, 0) is 54.6 Å². The van der Waals surface area contributed by atoms with Gasteiger partial charge in [-0.3, -0.25) is 9.10 Å². The fourth-order valence-corrected chi connectivity index (χ4v) is 5.00. The van der Waals surface area contributed by atoms with Gasteiger partial charge < -0.3 is 0 Å². The highest BCUT2D eigenvalue weighted by molar-refractivity contribution is 7.92. The zero-order chi connectivity index (χ0) is 20.9. The molecule has 3 aromatic rings. The number of nitrogens with zero attached hydrogens (tertiary/aromatic N) is 2. The first kappa shape index (κ1) is 20.8. The predicted molar refractivity (Wildman–Crippen MR) is 117 cm³/mol. The number of hydrazone groups is 1. The Hall–Kier alpha value is -2.97. The van der Waals surface area contributed by atoms with E-state index in [0.717, 1.165) is 20.3 Å². The molecule has 0 aliphatic rings. The molecule has 0 atom stereocenters. The van der Waals surface area contributed by atoms with Crippen molar-refractivity contribution >= 4 is 39.2 Å². The number of thiophene rings is 1. The van der Waals surface area contributed by atoms with Crippen molar-refractivity contribution in [1.82, 2.24) is 5.43 Å². The molecule has 0 aliphatic carbocycles. The number of carbonyl (C=O) groups excluding carboxylic acids is 1. The van der Waals surface area contributed by atoms with Crippen LogP contribution in [0.2, 0.25) is 0 Å². The highest BCUT2D eigenvalue weighted by atomic mass is 32.2. The fraction of sp³-hybridized carbons (Fsp3) is 0.143. The van der Waals surface area contributed by atoms with Crippen LogP contribution >= 0.6 is 11.3 Å². The van der Waals surface area contributed by atoms with Crippen LogP contribution < -0.4 is 9.73 Å². The minimum absolute atomic E-state index is 0.119.